The van der Waals surface area contributed by atoms with E-state index in [1.54, 1.807) is 7.11 Å². The summed E-state index contributed by atoms with van der Waals surface area (Å²) in [6, 6.07) is 12.3. The molecular formula is C27H23N5O2. The Hall–Kier alpha value is -4.26. The van der Waals surface area contributed by atoms with Crippen LogP contribution in [-0.4, -0.2) is 32.2 Å². The molecule has 7 heteroatoms. The Morgan fingerprint density at radius 3 is 2.56 bits per heavy atom. The summed E-state index contributed by atoms with van der Waals surface area (Å²) in [6.07, 6.45) is 1.81. The molecule has 0 fully saturated rings. The number of hydrogen-bond acceptors (Lipinski definition) is 6. The average Bonchev–Trinajstić information content (AvgIpc) is 3.35. The highest BCUT2D eigenvalue weighted by molar-refractivity contribution is 6.16. The maximum atomic E-state index is 5.83. The van der Waals surface area contributed by atoms with Gasteiger partial charge in [-0.25, -0.2) is 9.97 Å². The third-order valence-corrected chi connectivity index (χ3v) is 6.42. The van der Waals surface area contributed by atoms with Crippen molar-refractivity contribution in [1.29, 1.82) is 0 Å². The summed E-state index contributed by atoms with van der Waals surface area (Å²) in [5.74, 6) is 2.19. The first-order valence-corrected chi connectivity index (χ1v) is 11.1. The highest BCUT2D eigenvalue weighted by Crippen LogP contribution is 2.42. The highest BCUT2D eigenvalue weighted by Gasteiger charge is 2.22. The summed E-state index contributed by atoms with van der Waals surface area (Å²) >= 11 is 0. The van der Waals surface area contributed by atoms with Crippen molar-refractivity contribution in [2.24, 2.45) is 0 Å². The van der Waals surface area contributed by atoms with Crippen LogP contribution in [0.3, 0.4) is 0 Å². The van der Waals surface area contributed by atoms with Crippen molar-refractivity contribution in [3.8, 4) is 28.1 Å². The van der Waals surface area contributed by atoms with Gasteiger partial charge < -0.3 is 14.2 Å². The second kappa shape index (κ2) is 7.38. The molecule has 0 amide bonds. The molecule has 34 heavy (non-hydrogen) atoms. The Balaban J connectivity index is 1.74. The lowest BCUT2D eigenvalue weighted by atomic mass is 9.96. The van der Waals surface area contributed by atoms with Gasteiger partial charge in [0.2, 0.25) is 0 Å². The molecule has 0 atom stereocenters. The van der Waals surface area contributed by atoms with Crippen molar-refractivity contribution in [1.82, 2.24) is 25.1 Å². The number of ether oxygens (including phenoxy) is 1. The molecule has 0 saturated carbocycles. The number of methoxy groups -OCH3 is 1. The van der Waals surface area contributed by atoms with Gasteiger partial charge in [0.05, 0.1) is 35.0 Å². The van der Waals surface area contributed by atoms with E-state index in [4.69, 9.17) is 19.2 Å². The maximum Gasteiger partial charge on any atom is 0.142 e. The van der Waals surface area contributed by atoms with Crippen LogP contribution in [0.2, 0.25) is 0 Å². The van der Waals surface area contributed by atoms with Crippen molar-refractivity contribution in [3.05, 3.63) is 65.4 Å². The van der Waals surface area contributed by atoms with E-state index in [9.17, 15) is 0 Å². The smallest absolute Gasteiger partial charge is 0.142 e. The molecule has 0 bridgehead atoms. The predicted molar refractivity (Wildman–Crippen MR) is 133 cm³/mol. The van der Waals surface area contributed by atoms with E-state index in [1.807, 2.05) is 39.1 Å². The predicted octanol–water partition coefficient (Wildman–Crippen LogP) is 6.22. The summed E-state index contributed by atoms with van der Waals surface area (Å²) in [7, 11) is 1.68. The van der Waals surface area contributed by atoms with Crippen LogP contribution < -0.4 is 4.74 Å². The lowest BCUT2D eigenvalue weighted by Gasteiger charge is -2.12. The second-order valence-electron chi connectivity index (χ2n) is 8.59. The van der Waals surface area contributed by atoms with Crippen LogP contribution in [0, 0.1) is 27.7 Å². The molecule has 2 aromatic carbocycles. The lowest BCUT2D eigenvalue weighted by molar-refractivity contribution is 0.393. The Bertz CT molecular complexity index is 1730. The lowest BCUT2D eigenvalue weighted by Crippen LogP contribution is -1.96. The zero-order valence-electron chi connectivity index (χ0n) is 19.6. The fraction of sp³-hybridized carbons (Fsp3) is 0.185. The van der Waals surface area contributed by atoms with Crippen LogP contribution in [0.1, 0.15) is 22.8 Å². The van der Waals surface area contributed by atoms with Crippen LogP contribution in [0.15, 0.2) is 47.1 Å². The number of aryl methyl sites for hydroxylation is 4. The molecule has 0 aliphatic heterocycles. The number of aromatic amines is 1. The zero-order valence-corrected chi connectivity index (χ0v) is 19.6. The number of nitrogens with one attached hydrogen (secondary N) is 1. The molecule has 6 aromatic rings. The van der Waals surface area contributed by atoms with Crippen LogP contribution in [0.4, 0.5) is 0 Å². The van der Waals surface area contributed by atoms with Crippen molar-refractivity contribution in [2.45, 2.75) is 27.7 Å². The van der Waals surface area contributed by atoms with Gasteiger partial charge in [0, 0.05) is 33.6 Å². The first-order valence-electron chi connectivity index (χ1n) is 11.1. The summed E-state index contributed by atoms with van der Waals surface area (Å²) < 4.78 is 11.3. The van der Waals surface area contributed by atoms with Gasteiger partial charge in [-0.3, -0.25) is 4.98 Å². The van der Waals surface area contributed by atoms with Crippen molar-refractivity contribution in [2.75, 3.05) is 7.11 Å². The van der Waals surface area contributed by atoms with Gasteiger partial charge in [0.25, 0.3) is 0 Å². The number of aromatic nitrogens is 5. The second-order valence-corrected chi connectivity index (χ2v) is 8.59. The third kappa shape index (κ3) is 2.90. The Kier molecular flexibility index (Phi) is 4.42. The monoisotopic (exact) mass is 449 g/mol. The molecule has 6 rings (SSSR count). The Morgan fingerprint density at radius 2 is 1.79 bits per heavy atom. The van der Waals surface area contributed by atoms with Gasteiger partial charge in [-0.15, -0.1) is 0 Å². The molecule has 168 valence electrons. The summed E-state index contributed by atoms with van der Waals surface area (Å²) in [6.45, 7) is 7.87. The quantitative estimate of drug-likeness (QED) is 0.345. The number of H-pyrrole nitrogens is 1. The van der Waals surface area contributed by atoms with E-state index in [-0.39, 0.29) is 0 Å². The summed E-state index contributed by atoms with van der Waals surface area (Å²) in [5.41, 5.74) is 8.44. The molecular weight excluding hydrogens is 426 g/mol. The van der Waals surface area contributed by atoms with E-state index in [0.29, 0.717) is 5.82 Å². The first-order chi connectivity index (χ1) is 16.5. The number of nitrogens with zero attached hydrogens (tertiary/aromatic N) is 4. The molecule has 4 heterocycles. The van der Waals surface area contributed by atoms with E-state index < -0.39 is 0 Å². The standard InChI is InChI=1S/C27H23N5O2/c1-13-8-9-20-17(7-6-10-28-20)23(13)26-25-18-12-22(33-5)19(24-14(2)32-34-15(24)3)11-21(18)31-27(25)30-16(4)29-26/h6-12H,1-5H3,(H,29,30,31). The molecule has 0 spiro atoms. The van der Waals surface area contributed by atoms with E-state index in [2.05, 4.69) is 46.3 Å². The van der Waals surface area contributed by atoms with Gasteiger partial charge in [-0.1, -0.05) is 17.3 Å². The fourth-order valence-corrected chi connectivity index (χ4v) is 4.92. The molecule has 0 radical (unpaired) electrons. The zero-order chi connectivity index (χ0) is 23.6. The minimum atomic E-state index is 0.701. The molecule has 7 nitrogen and oxygen atoms in total. The van der Waals surface area contributed by atoms with E-state index in [1.165, 1.54) is 0 Å². The molecule has 0 aliphatic rings. The third-order valence-electron chi connectivity index (χ3n) is 6.42. The van der Waals surface area contributed by atoms with Crippen LogP contribution in [0.25, 0.3) is 55.2 Å². The van der Waals surface area contributed by atoms with Crippen LogP contribution in [0.5, 0.6) is 5.75 Å². The SMILES string of the molecule is COc1cc2c(cc1-c1c(C)noc1C)[nH]c1nc(C)nc(-c3c(C)ccc4ncccc34)c12. The largest absolute Gasteiger partial charge is 0.496 e. The van der Waals surface area contributed by atoms with Gasteiger partial charge in [0.15, 0.2) is 0 Å². The van der Waals surface area contributed by atoms with Gasteiger partial charge in [-0.2, -0.15) is 0 Å². The number of hydrogen-bond donors (Lipinski definition) is 1. The number of fused-ring (bicyclic) bond motifs is 4. The van der Waals surface area contributed by atoms with Crippen molar-refractivity contribution >= 4 is 32.8 Å². The molecule has 1 N–H and O–H groups in total. The van der Waals surface area contributed by atoms with Gasteiger partial charge in [0.1, 0.15) is 23.0 Å². The first kappa shape index (κ1) is 20.4. The molecule has 0 unspecified atom stereocenters. The molecule has 4 aromatic heterocycles. The number of benzene rings is 2. The van der Waals surface area contributed by atoms with Crippen molar-refractivity contribution < 1.29 is 9.26 Å². The Morgan fingerprint density at radius 1 is 0.941 bits per heavy atom. The number of rotatable bonds is 3. The van der Waals surface area contributed by atoms with Crippen LogP contribution >= 0.6 is 0 Å². The van der Waals surface area contributed by atoms with E-state index >= 15 is 0 Å². The Labute approximate surface area is 195 Å². The fourth-order valence-electron chi connectivity index (χ4n) is 4.92. The van der Waals surface area contributed by atoms with Crippen molar-refractivity contribution in [3.63, 3.8) is 0 Å². The van der Waals surface area contributed by atoms with Gasteiger partial charge >= 0.3 is 0 Å². The topological polar surface area (TPSA) is 89.7 Å². The van der Waals surface area contributed by atoms with E-state index in [0.717, 1.165) is 78.0 Å². The highest BCUT2D eigenvalue weighted by atomic mass is 16.5. The maximum absolute atomic E-state index is 5.83. The van der Waals surface area contributed by atoms with Crippen LogP contribution in [-0.2, 0) is 0 Å². The minimum absolute atomic E-state index is 0.701. The van der Waals surface area contributed by atoms with Gasteiger partial charge in [-0.05, 0) is 57.5 Å². The average molecular weight is 450 g/mol. The summed E-state index contributed by atoms with van der Waals surface area (Å²) in [4.78, 5) is 17.7. The molecule has 0 aliphatic carbocycles. The normalized spacial score (nSPS) is 11.7. The summed E-state index contributed by atoms with van der Waals surface area (Å²) in [5, 5.41) is 7.15. The minimum Gasteiger partial charge on any atom is -0.496 e. The number of pyridine rings is 1. The molecule has 0 saturated heterocycles.